The lowest BCUT2D eigenvalue weighted by Crippen LogP contribution is -2.47. The van der Waals surface area contributed by atoms with Gasteiger partial charge < -0.3 is 10.2 Å². The van der Waals surface area contributed by atoms with Crippen LogP contribution in [0.2, 0.25) is 0 Å². The van der Waals surface area contributed by atoms with Gasteiger partial charge in [0, 0.05) is 51.7 Å². The summed E-state index contributed by atoms with van der Waals surface area (Å²) in [5.41, 5.74) is 0. The molecule has 1 fully saturated rings. The molecule has 0 aromatic carbocycles. The van der Waals surface area contributed by atoms with Crippen molar-refractivity contribution in [3.8, 4) is 0 Å². The highest BCUT2D eigenvalue weighted by Crippen LogP contribution is 2.13. The summed E-state index contributed by atoms with van der Waals surface area (Å²) >= 11 is 0. The zero-order valence-corrected chi connectivity index (χ0v) is 12.9. The van der Waals surface area contributed by atoms with E-state index in [0.29, 0.717) is 0 Å². The molecule has 0 bridgehead atoms. The predicted octanol–water partition coefficient (Wildman–Crippen LogP) is 0.322. The Labute approximate surface area is 130 Å². The standard InChI is InChI=1S/C14H22N8/c1-2-15-13-3-4-16-14(18-13)21-10-7-20(8-11-21)9-12-22-6-5-17-19-22/h3-6H,2,7-12H2,1H3,(H,15,16,18). The van der Waals surface area contributed by atoms with Crippen LogP contribution >= 0.6 is 0 Å². The van der Waals surface area contributed by atoms with E-state index < -0.39 is 0 Å². The van der Waals surface area contributed by atoms with Crippen LogP contribution in [-0.4, -0.2) is 69.1 Å². The molecule has 0 saturated carbocycles. The first-order chi connectivity index (χ1) is 10.8. The average molecular weight is 302 g/mol. The molecule has 0 radical (unpaired) electrons. The molecule has 0 unspecified atom stereocenters. The fourth-order valence-electron chi connectivity index (χ4n) is 2.55. The van der Waals surface area contributed by atoms with Crippen LogP contribution < -0.4 is 10.2 Å². The van der Waals surface area contributed by atoms with E-state index in [1.54, 1.807) is 6.20 Å². The molecule has 0 atom stereocenters. The van der Waals surface area contributed by atoms with Crippen LogP contribution in [0.1, 0.15) is 6.92 Å². The van der Waals surface area contributed by atoms with Crippen molar-refractivity contribution in [2.45, 2.75) is 13.5 Å². The Bertz CT molecular complexity index is 562. The second-order valence-corrected chi connectivity index (χ2v) is 5.27. The largest absolute Gasteiger partial charge is 0.370 e. The summed E-state index contributed by atoms with van der Waals surface area (Å²) < 4.78 is 1.87. The zero-order chi connectivity index (χ0) is 15.2. The molecule has 22 heavy (non-hydrogen) atoms. The summed E-state index contributed by atoms with van der Waals surface area (Å²) in [6.07, 6.45) is 5.43. The summed E-state index contributed by atoms with van der Waals surface area (Å²) in [7, 11) is 0. The van der Waals surface area contributed by atoms with Crippen LogP contribution in [0.4, 0.5) is 11.8 Å². The molecule has 1 saturated heterocycles. The van der Waals surface area contributed by atoms with Gasteiger partial charge in [-0.25, -0.2) is 4.98 Å². The smallest absolute Gasteiger partial charge is 0.227 e. The second kappa shape index (κ2) is 7.17. The topological polar surface area (TPSA) is 75.0 Å². The van der Waals surface area contributed by atoms with Crippen LogP contribution in [0.5, 0.6) is 0 Å². The third kappa shape index (κ3) is 3.70. The molecule has 3 rings (SSSR count). The minimum Gasteiger partial charge on any atom is -0.370 e. The van der Waals surface area contributed by atoms with Gasteiger partial charge >= 0.3 is 0 Å². The molecule has 1 aliphatic heterocycles. The molecular formula is C14H22N8. The van der Waals surface area contributed by atoms with Crippen LogP contribution in [0.3, 0.4) is 0 Å². The molecule has 0 amide bonds. The number of aromatic nitrogens is 5. The van der Waals surface area contributed by atoms with E-state index in [0.717, 1.165) is 57.6 Å². The van der Waals surface area contributed by atoms with Crippen molar-refractivity contribution in [1.29, 1.82) is 0 Å². The van der Waals surface area contributed by atoms with Gasteiger partial charge in [0.2, 0.25) is 5.95 Å². The molecule has 3 heterocycles. The number of rotatable bonds is 6. The third-order valence-electron chi connectivity index (χ3n) is 3.77. The van der Waals surface area contributed by atoms with Crippen molar-refractivity contribution in [3.63, 3.8) is 0 Å². The Morgan fingerprint density at radius 2 is 2.00 bits per heavy atom. The predicted molar refractivity (Wildman–Crippen MR) is 84.9 cm³/mol. The number of piperazine rings is 1. The van der Waals surface area contributed by atoms with Gasteiger partial charge in [0.05, 0.1) is 12.7 Å². The van der Waals surface area contributed by atoms with Gasteiger partial charge in [0.15, 0.2) is 0 Å². The summed E-state index contributed by atoms with van der Waals surface area (Å²) in [4.78, 5) is 13.6. The first-order valence-corrected chi connectivity index (χ1v) is 7.73. The molecule has 0 aliphatic carbocycles. The molecule has 118 valence electrons. The highest BCUT2D eigenvalue weighted by atomic mass is 15.4. The number of anilines is 2. The van der Waals surface area contributed by atoms with Crippen LogP contribution in [0, 0.1) is 0 Å². The Kier molecular flexibility index (Phi) is 4.79. The first-order valence-electron chi connectivity index (χ1n) is 7.73. The van der Waals surface area contributed by atoms with Gasteiger partial charge in [-0.3, -0.25) is 9.58 Å². The van der Waals surface area contributed by atoms with Gasteiger partial charge in [0.25, 0.3) is 0 Å². The minimum absolute atomic E-state index is 0.814. The van der Waals surface area contributed by atoms with Crippen molar-refractivity contribution in [3.05, 3.63) is 24.7 Å². The third-order valence-corrected chi connectivity index (χ3v) is 3.77. The second-order valence-electron chi connectivity index (χ2n) is 5.27. The minimum atomic E-state index is 0.814. The van der Waals surface area contributed by atoms with Crippen molar-refractivity contribution in [2.75, 3.05) is 49.5 Å². The molecule has 1 N–H and O–H groups in total. The number of hydrogen-bond acceptors (Lipinski definition) is 7. The molecule has 8 heteroatoms. The van der Waals surface area contributed by atoms with Crippen molar-refractivity contribution in [1.82, 2.24) is 29.9 Å². The molecule has 0 spiro atoms. The van der Waals surface area contributed by atoms with E-state index >= 15 is 0 Å². The highest BCUT2D eigenvalue weighted by molar-refractivity contribution is 5.41. The fraction of sp³-hybridized carbons (Fsp3) is 0.571. The van der Waals surface area contributed by atoms with E-state index in [-0.39, 0.29) is 0 Å². The number of nitrogens with zero attached hydrogens (tertiary/aromatic N) is 7. The maximum Gasteiger partial charge on any atom is 0.227 e. The number of nitrogens with one attached hydrogen (secondary N) is 1. The Morgan fingerprint density at radius 3 is 2.73 bits per heavy atom. The van der Waals surface area contributed by atoms with Crippen molar-refractivity contribution in [2.24, 2.45) is 0 Å². The first kappa shape index (κ1) is 14.7. The lowest BCUT2D eigenvalue weighted by molar-refractivity contribution is 0.242. The van der Waals surface area contributed by atoms with Crippen molar-refractivity contribution < 1.29 is 0 Å². The summed E-state index contributed by atoms with van der Waals surface area (Å²) in [6.45, 7) is 8.75. The monoisotopic (exact) mass is 302 g/mol. The van der Waals surface area contributed by atoms with Crippen LogP contribution in [0.25, 0.3) is 0 Å². The lowest BCUT2D eigenvalue weighted by atomic mass is 10.3. The van der Waals surface area contributed by atoms with Crippen LogP contribution in [-0.2, 0) is 6.54 Å². The van der Waals surface area contributed by atoms with Gasteiger partial charge in [-0.2, -0.15) is 4.98 Å². The molecule has 2 aromatic rings. The molecular weight excluding hydrogens is 280 g/mol. The van der Waals surface area contributed by atoms with E-state index in [1.165, 1.54) is 0 Å². The Balaban J connectivity index is 1.49. The van der Waals surface area contributed by atoms with E-state index in [1.807, 2.05) is 23.1 Å². The molecule has 2 aromatic heterocycles. The van der Waals surface area contributed by atoms with Crippen molar-refractivity contribution >= 4 is 11.8 Å². The van der Waals surface area contributed by atoms with Gasteiger partial charge in [-0.1, -0.05) is 5.21 Å². The SMILES string of the molecule is CCNc1ccnc(N2CCN(CCn3ccnn3)CC2)n1. The van der Waals surface area contributed by atoms with E-state index in [9.17, 15) is 0 Å². The highest BCUT2D eigenvalue weighted by Gasteiger charge is 2.18. The maximum absolute atomic E-state index is 4.56. The number of hydrogen-bond donors (Lipinski definition) is 1. The van der Waals surface area contributed by atoms with E-state index in [2.05, 4.69) is 42.3 Å². The van der Waals surface area contributed by atoms with Crippen LogP contribution in [0.15, 0.2) is 24.7 Å². The lowest BCUT2D eigenvalue weighted by Gasteiger charge is -2.34. The van der Waals surface area contributed by atoms with Gasteiger partial charge in [-0.15, -0.1) is 5.10 Å². The Hall–Kier alpha value is -2.22. The average Bonchev–Trinajstić information content (AvgIpc) is 3.08. The quantitative estimate of drug-likeness (QED) is 0.823. The van der Waals surface area contributed by atoms with Gasteiger partial charge in [-0.05, 0) is 13.0 Å². The van der Waals surface area contributed by atoms with E-state index in [4.69, 9.17) is 0 Å². The van der Waals surface area contributed by atoms with Gasteiger partial charge in [0.1, 0.15) is 5.82 Å². The Morgan fingerprint density at radius 1 is 1.14 bits per heavy atom. The molecule has 8 nitrogen and oxygen atoms in total. The fourth-order valence-corrected chi connectivity index (χ4v) is 2.55. The maximum atomic E-state index is 4.56. The summed E-state index contributed by atoms with van der Waals surface area (Å²) in [5.74, 6) is 1.70. The zero-order valence-electron chi connectivity index (χ0n) is 12.9. The summed E-state index contributed by atoms with van der Waals surface area (Å²) in [6, 6.07) is 1.90. The molecule has 1 aliphatic rings. The summed E-state index contributed by atoms with van der Waals surface area (Å²) in [5, 5.41) is 11.0. The normalized spacial score (nSPS) is 16.0.